The molecule has 1 unspecified atom stereocenters. The summed E-state index contributed by atoms with van der Waals surface area (Å²) in [4.78, 5) is 25.3. The Kier molecular flexibility index (Phi) is 7.77. The van der Waals surface area contributed by atoms with Crippen LogP contribution in [-0.2, 0) is 9.59 Å². The normalized spacial score (nSPS) is 12.0. The molecule has 2 aromatic carbocycles. The summed E-state index contributed by atoms with van der Waals surface area (Å²) in [6.45, 7) is 1.92. The molecule has 1 atom stereocenters. The van der Waals surface area contributed by atoms with Crippen molar-refractivity contribution in [3.05, 3.63) is 65.7 Å². The summed E-state index contributed by atoms with van der Waals surface area (Å²) in [5.74, 6) is 0.506. The van der Waals surface area contributed by atoms with Gasteiger partial charge in [-0.2, -0.15) is 0 Å². The molecule has 0 aliphatic carbocycles. The number of hydrogen-bond acceptors (Lipinski definition) is 4. The SMILES string of the molecule is COc1ccccc1C(CNC(=O)/C=C/c1ccc(NC(C)=O)cc1)N(C)C. The fraction of sp³-hybridized carbons (Fsp3) is 0.273. The van der Waals surface area contributed by atoms with E-state index in [0.29, 0.717) is 6.54 Å². The zero-order valence-electron chi connectivity index (χ0n) is 16.7. The molecule has 2 N–H and O–H groups in total. The minimum Gasteiger partial charge on any atom is -0.496 e. The van der Waals surface area contributed by atoms with Crippen molar-refractivity contribution in [2.45, 2.75) is 13.0 Å². The fourth-order valence-electron chi connectivity index (χ4n) is 2.82. The number of nitrogens with one attached hydrogen (secondary N) is 2. The van der Waals surface area contributed by atoms with E-state index in [-0.39, 0.29) is 17.9 Å². The minimum absolute atomic E-state index is 0.00885. The number of carbonyl (C=O) groups excluding carboxylic acids is 2. The van der Waals surface area contributed by atoms with Gasteiger partial charge < -0.3 is 20.3 Å². The smallest absolute Gasteiger partial charge is 0.244 e. The molecule has 0 bridgehead atoms. The topological polar surface area (TPSA) is 70.7 Å². The molecule has 6 heteroatoms. The number of likely N-dealkylation sites (N-methyl/N-ethyl adjacent to an activating group) is 1. The molecular formula is C22H27N3O3. The molecule has 0 aromatic heterocycles. The van der Waals surface area contributed by atoms with Crippen molar-refractivity contribution in [1.29, 1.82) is 0 Å². The van der Waals surface area contributed by atoms with Gasteiger partial charge in [0.15, 0.2) is 0 Å². The van der Waals surface area contributed by atoms with E-state index in [1.165, 1.54) is 13.0 Å². The summed E-state index contributed by atoms with van der Waals surface area (Å²) in [6.07, 6.45) is 3.24. The third kappa shape index (κ3) is 6.25. The van der Waals surface area contributed by atoms with Gasteiger partial charge in [0.2, 0.25) is 11.8 Å². The third-order valence-electron chi connectivity index (χ3n) is 4.25. The van der Waals surface area contributed by atoms with Gasteiger partial charge in [-0.25, -0.2) is 0 Å². The fourth-order valence-corrected chi connectivity index (χ4v) is 2.82. The maximum atomic E-state index is 12.2. The second-order valence-corrected chi connectivity index (χ2v) is 6.60. The van der Waals surface area contributed by atoms with Gasteiger partial charge in [-0.1, -0.05) is 30.3 Å². The number of anilines is 1. The van der Waals surface area contributed by atoms with Crippen LogP contribution in [0.4, 0.5) is 5.69 Å². The molecule has 28 heavy (non-hydrogen) atoms. The van der Waals surface area contributed by atoms with Crippen molar-refractivity contribution >= 4 is 23.6 Å². The molecule has 0 aliphatic rings. The molecule has 2 aromatic rings. The van der Waals surface area contributed by atoms with Gasteiger partial charge in [-0.15, -0.1) is 0 Å². The lowest BCUT2D eigenvalue weighted by molar-refractivity contribution is -0.116. The second kappa shape index (κ2) is 10.3. The lowest BCUT2D eigenvalue weighted by Crippen LogP contribution is -2.33. The molecule has 0 fully saturated rings. The highest BCUT2D eigenvalue weighted by molar-refractivity contribution is 5.92. The summed E-state index contributed by atoms with van der Waals surface area (Å²) in [6, 6.07) is 15.1. The maximum absolute atomic E-state index is 12.2. The Balaban J connectivity index is 1.97. The van der Waals surface area contributed by atoms with Crippen LogP contribution in [0.15, 0.2) is 54.6 Å². The van der Waals surface area contributed by atoms with Crippen LogP contribution in [0.2, 0.25) is 0 Å². The molecule has 2 amide bonds. The number of rotatable bonds is 8. The Labute approximate surface area is 166 Å². The third-order valence-corrected chi connectivity index (χ3v) is 4.25. The van der Waals surface area contributed by atoms with Crippen molar-refractivity contribution < 1.29 is 14.3 Å². The molecule has 0 heterocycles. The van der Waals surface area contributed by atoms with Crippen molar-refractivity contribution in [3.63, 3.8) is 0 Å². The van der Waals surface area contributed by atoms with E-state index in [0.717, 1.165) is 22.6 Å². The number of hydrogen-bond donors (Lipinski definition) is 2. The Bertz CT molecular complexity index is 829. The van der Waals surface area contributed by atoms with Crippen molar-refractivity contribution in [3.8, 4) is 5.75 Å². The first kappa shape index (κ1) is 21.2. The summed E-state index contributed by atoms with van der Waals surface area (Å²) >= 11 is 0. The van der Waals surface area contributed by atoms with E-state index in [2.05, 4.69) is 10.6 Å². The number of nitrogens with zero attached hydrogens (tertiary/aromatic N) is 1. The number of methoxy groups -OCH3 is 1. The van der Waals surface area contributed by atoms with E-state index < -0.39 is 0 Å². The lowest BCUT2D eigenvalue weighted by Gasteiger charge is -2.26. The number of carbonyl (C=O) groups is 2. The van der Waals surface area contributed by atoms with Gasteiger partial charge in [0.25, 0.3) is 0 Å². The summed E-state index contributed by atoms with van der Waals surface area (Å²) in [5.41, 5.74) is 2.62. The second-order valence-electron chi connectivity index (χ2n) is 6.60. The number of ether oxygens (including phenoxy) is 1. The summed E-state index contributed by atoms with van der Waals surface area (Å²) in [7, 11) is 5.58. The van der Waals surface area contributed by atoms with Crippen LogP contribution < -0.4 is 15.4 Å². The Morgan fingerprint density at radius 1 is 1.11 bits per heavy atom. The Morgan fingerprint density at radius 3 is 2.39 bits per heavy atom. The molecule has 148 valence electrons. The standard InChI is InChI=1S/C22H27N3O3/c1-16(26)24-18-12-9-17(10-13-18)11-14-22(27)23-15-20(25(2)3)19-7-5-6-8-21(19)28-4/h5-14,20H,15H2,1-4H3,(H,23,27)(H,24,26)/b14-11+. The zero-order chi connectivity index (χ0) is 20.5. The molecule has 6 nitrogen and oxygen atoms in total. The summed E-state index contributed by atoms with van der Waals surface area (Å²) < 4.78 is 5.44. The highest BCUT2D eigenvalue weighted by Crippen LogP contribution is 2.27. The van der Waals surface area contributed by atoms with Gasteiger partial charge in [-0.05, 0) is 43.9 Å². The van der Waals surface area contributed by atoms with Gasteiger partial charge in [0.05, 0.1) is 13.2 Å². The van der Waals surface area contributed by atoms with Crippen LogP contribution in [0.25, 0.3) is 6.08 Å². The Morgan fingerprint density at radius 2 is 1.79 bits per heavy atom. The first-order chi connectivity index (χ1) is 13.4. The summed E-state index contributed by atoms with van der Waals surface area (Å²) in [5, 5.41) is 5.65. The molecular weight excluding hydrogens is 354 g/mol. The highest BCUT2D eigenvalue weighted by atomic mass is 16.5. The Hall–Kier alpha value is -3.12. The lowest BCUT2D eigenvalue weighted by atomic mass is 10.0. The van der Waals surface area contributed by atoms with Crippen molar-refractivity contribution in [2.75, 3.05) is 33.1 Å². The number of benzene rings is 2. The van der Waals surface area contributed by atoms with E-state index >= 15 is 0 Å². The van der Waals surface area contributed by atoms with E-state index in [1.54, 1.807) is 25.3 Å². The molecule has 0 saturated heterocycles. The first-order valence-corrected chi connectivity index (χ1v) is 9.03. The average Bonchev–Trinajstić information content (AvgIpc) is 2.67. The van der Waals surface area contributed by atoms with Crippen molar-refractivity contribution in [1.82, 2.24) is 10.2 Å². The van der Waals surface area contributed by atoms with Crippen molar-refractivity contribution in [2.24, 2.45) is 0 Å². The quantitative estimate of drug-likeness (QED) is 0.690. The molecule has 2 rings (SSSR count). The zero-order valence-corrected chi connectivity index (χ0v) is 16.7. The van der Waals surface area contributed by atoms with Crippen LogP contribution in [-0.4, -0.2) is 44.5 Å². The predicted molar refractivity (Wildman–Crippen MR) is 112 cm³/mol. The predicted octanol–water partition coefficient (Wildman–Crippen LogP) is 3.09. The van der Waals surface area contributed by atoms with E-state index in [4.69, 9.17) is 4.74 Å². The van der Waals surface area contributed by atoms with Gasteiger partial charge >= 0.3 is 0 Å². The van der Waals surface area contributed by atoms with Crippen LogP contribution in [0, 0.1) is 0 Å². The highest BCUT2D eigenvalue weighted by Gasteiger charge is 2.18. The van der Waals surface area contributed by atoms with Crippen LogP contribution in [0.3, 0.4) is 0 Å². The van der Waals surface area contributed by atoms with Crippen LogP contribution in [0.5, 0.6) is 5.75 Å². The number of amides is 2. The monoisotopic (exact) mass is 381 g/mol. The molecule has 0 spiro atoms. The molecule has 0 radical (unpaired) electrons. The minimum atomic E-state index is -0.173. The maximum Gasteiger partial charge on any atom is 0.244 e. The van der Waals surface area contributed by atoms with Gasteiger partial charge in [0.1, 0.15) is 5.75 Å². The van der Waals surface area contributed by atoms with Gasteiger partial charge in [-0.3, -0.25) is 9.59 Å². The van der Waals surface area contributed by atoms with Gasteiger partial charge in [0, 0.05) is 30.8 Å². The first-order valence-electron chi connectivity index (χ1n) is 9.03. The molecule has 0 saturated carbocycles. The van der Waals surface area contributed by atoms with Crippen LogP contribution in [0.1, 0.15) is 24.1 Å². The largest absolute Gasteiger partial charge is 0.496 e. The number of para-hydroxylation sites is 1. The van der Waals surface area contributed by atoms with Crippen LogP contribution >= 0.6 is 0 Å². The van der Waals surface area contributed by atoms with E-state index in [9.17, 15) is 9.59 Å². The van der Waals surface area contributed by atoms with E-state index in [1.807, 2.05) is 55.4 Å². The molecule has 0 aliphatic heterocycles. The average molecular weight is 381 g/mol.